The molecule has 3 atom stereocenters. The molecule has 3 amide bonds. The second kappa shape index (κ2) is 10.4. The Balaban J connectivity index is 1.55. The fourth-order valence-corrected chi connectivity index (χ4v) is 6.17. The third-order valence-electron chi connectivity index (χ3n) is 8.54. The molecule has 0 spiro atoms. The van der Waals surface area contributed by atoms with Crippen LogP contribution < -0.4 is 11.1 Å². The minimum Gasteiger partial charge on any atom is -0.368 e. The van der Waals surface area contributed by atoms with Crippen molar-refractivity contribution in [3.05, 3.63) is 35.5 Å². The topological polar surface area (TPSA) is 101 Å². The minimum absolute atomic E-state index is 0.0506. The SMILES string of the molecule is CNC(C)(C(N)=O)[C@@H](C(=O)N1CCN(C(=O)c2cc3cc(F)c(F)cc3n2C)C[C@H]1C)C1CCCCC1. The number of aryl methyl sites for hydroxylation is 1. The highest BCUT2D eigenvalue weighted by atomic mass is 19.2. The molecular formula is C27H37F2N5O3. The predicted molar refractivity (Wildman–Crippen MR) is 137 cm³/mol. The molecule has 0 radical (unpaired) electrons. The van der Waals surface area contributed by atoms with Crippen molar-refractivity contribution in [1.29, 1.82) is 0 Å². The lowest BCUT2D eigenvalue weighted by Crippen LogP contribution is -2.65. The number of piperazine rings is 1. The van der Waals surface area contributed by atoms with E-state index in [0.717, 1.165) is 44.2 Å². The number of hydrogen-bond acceptors (Lipinski definition) is 4. The Bertz CT molecular complexity index is 1210. The van der Waals surface area contributed by atoms with Crippen molar-refractivity contribution in [3.8, 4) is 0 Å². The van der Waals surface area contributed by atoms with E-state index in [9.17, 15) is 23.2 Å². The number of benzene rings is 1. The summed E-state index contributed by atoms with van der Waals surface area (Å²) in [6, 6.07) is 3.45. The van der Waals surface area contributed by atoms with Crippen molar-refractivity contribution >= 4 is 28.6 Å². The largest absolute Gasteiger partial charge is 0.368 e. The highest BCUT2D eigenvalue weighted by Crippen LogP contribution is 2.38. The minimum atomic E-state index is -1.18. The van der Waals surface area contributed by atoms with Crippen LogP contribution in [0.2, 0.25) is 0 Å². The van der Waals surface area contributed by atoms with E-state index in [4.69, 9.17) is 5.73 Å². The number of rotatable bonds is 6. The van der Waals surface area contributed by atoms with Crippen LogP contribution in [0.1, 0.15) is 56.4 Å². The van der Waals surface area contributed by atoms with Gasteiger partial charge in [0.25, 0.3) is 5.91 Å². The molecule has 202 valence electrons. The summed E-state index contributed by atoms with van der Waals surface area (Å²) in [6.07, 6.45) is 4.90. The van der Waals surface area contributed by atoms with E-state index in [1.807, 2.05) is 6.92 Å². The molecule has 2 heterocycles. The van der Waals surface area contributed by atoms with Gasteiger partial charge in [-0.3, -0.25) is 14.4 Å². The average Bonchev–Trinajstić information content (AvgIpc) is 3.19. The van der Waals surface area contributed by atoms with Crippen LogP contribution >= 0.6 is 0 Å². The van der Waals surface area contributed by atoms with Crippen molar-refractivity contribution in [2.24, 2.45) is 24.6 Å². The number of primary amides is 1. The third kappa shape index (κ3) is 4.83. The molecule has 1 saturated heterocycles. The lowest BCUT2D eigenvalue weighted by atomic mass is 9.69. The van der Waals surface area contributed by atoms with E-state index in [1.165, 1.54) is 0 Å². The van der Waals surface area contributed by atoms with Crippen molar-refractivity contribution in [2.75, 3.05) is 26.7 Å². The van der Waals surface area contributed by atoms with E-state index in [-0.39, 0.29) is 23.8 Å². The van der Waals surface area contributed by atoms with Crippen LogP contribution in [-0.4, -0.2) is 70.4 Å². The fourth-order valence-electron chi connectivity index (χ4n) is 6.17. The van der Waals surface area contributed by atoms with Crippen LogP contribution in [0, 0.1) is 23.5 Å². The average molecular weight is 518 g/mol. The molecule has 1 aromatic carbocycles. The van der Waals surface area contributed by atoms with E-state index < -0.39 is 29.0 Å². The first-order valence-corrected chi connectivity index (χ1v) is 13.0. The van der Waals surface area contributed by atoms with Gasteiger partial charge in [0.2, 0.25) is 11.8 Å². The summed E-state index contributed by atoms with van der Waals surface area (Å²) < 4.78 is 29.1. The van der Waals surface area contributed by atoms with Gasteiger partial charge in [-0.15, -0.1) is 0 Å². The summed E-state index contributed by atoms with van der Waals surface area (Å²) in [7, 11) is 3.31. The van der Waals surface area contributed by atoms with E-state index in [2.05, 4.69) is 5.32 Å². The molecule has 2 aromatic rings. The molecule has 1 saturated carbocycles. The summed E-state index contributed by atoms with van der Waals surface area (Å²) in [6.45, 7) is 4.54. The predicted octanol–water partition coefficient (Wildman–Crippen LogP) is 2.79. The molecule has 2 fully saturated rings. The fraction of sp³-hybridized carbons (Fsp3) is 0.593. The Morgan fingerprint density at radius 1 is 1.08 bits per heavy atom. The van der Waals surface area contributed by atoms with Gasteiger partial charge < -0.3 is 25.4 Å². The number of nitrogens with zero attached hydrogens (tertiary/aromatic N) is 3. The smallest absolute Gasteiger partial charge is 0.270 e. The Kier molecular flexibility index (Phi) is 7.60. The van der Waals surface area contributed by atoms with E-state index in [0.29, 0.717) is 36.2 Å². The highest BCUT2D eigenvalue weighted by Gasteiger charge is 2.49. The maximum atomic E-state index is 14.0. The molecule has 2 aliphatic rings. The summed E-state index contributed by atoms with van der Waals surface area (Å²) in [5.74, 6) is -3.40. The first-order valence-electron chi connectivity index (χ1n) is 13.0. The van der Waals surface area contributed by atoms with E-state index >= 15 is 0 Å². The van der Waals surface area contributed by atoms with E-state index in [1.54, 1.807) is 41.5 Å². The van der Waals surface area contributed by atoms with Gasteiger partial charge >= 0.3 is 0 Å². The number of halogens is 2. The molecule has 0 bridgehead atoms. The Morgan fingerprint density at radius 3 is 2.32 bits per heavy atom. The van der Waals surface area contributed by atoms with Gasteiger partial charge in [-0.05, 0) is 51.8 Å². The van der Waals surface area contributed by atoms with Gasteiger partial charge in [0.05, 0.1) is 11.4 Å². The van der Waals surface area contributed by atoms with Crippen LogP contribution in [0.4, 0.5) is 8.78 Å². The standard InChI is InChI=1S/C27H37F2N5O3/c1-16-15-33(24(35)22-13-18-12-19(28)20(29)14-21(18)32(22)4)10-11-34(16)25(36)23(17-8-6-5-7-9-17)27(2,31-3)26(30)37/h12-14,16-17,23,31H,5-11,15H2,1-4H3,(H2,30,37)/t16-,23-,27?/m1/s1. The normalized spacial score (nSPS) is 21.6. The van der Waals surface area contributed by atoms with Crippen LogP contribution in [0.5, 0.6) is 0 Å². The third-order valence-corrected chi connectivity index (χ3v) is 8.54. The Hall–Kier alpha value is -3.01. The number of amides is 3. The first-order chi connectivity index (χ1) is 17.5. The number of carbonyl (C=O) groups is 3. The van der Waals surface area contributed by atoms with Gasteiger partial charge in [-0.2, -0.15) is 0 Å². The van der Waals surface area contributed by atoms with Gasteiger partial charge in [-0.1, -0.05) is 19.3 Å². The second-order valence-corrected chi connectivity index (χ2v) is 10.7. The van der Waals surface area contributed by atoms with Gasteiger partial charge in [0, 0.05) is 44.2 Å². The number of likely N-dealkylation sites (N-methyl/N-ethyl adjacent to an activating group) is 1. The van der Waals surface area contributed by atoms with Gasteiger partial charge in [-0.25, -0.2) is 8.78 Å². The Labute approximate surface area is 216 Å². The number of hydrogen-bond donors (Lipinski definition) is 2. The summed E-state index contributed by atoms with van der Waals surface area (Å²) in [5, 5.41) is 3.49. The quantitative estimate of drug-likeness (QED) is 0.615. The molecule has 1 aliphatic carbocycles. The van der Waals surface area contributed by atoms with Crippen molar-refractivity contribution in [3.63, 3.8) is 0 Å². The monoisotopic (exact) mass is 517 g/mol. The Morgan fingerprint density at radius 2 is 1.73 bits per heavy atom. The molecule has 1 aromatic heterocycles. The zero-order chi connectivity index (χ0) is 27.1. The maximum Gasteiger partial charge on any atom is 0.270 e. The molecule has 3 N–H and O–H groups in total. The molecule has 10 heteroatoms. The second-order valence-electron chi connectivity index (χ2n) is 10.7. The number of fused-ring (bicyclic) bond motifs is 1. The van der Waals surface area contributed by atoms with Gasteiger partial charge in [0.15, 0.2) is 11.6 Å². The maximum absolute atomic E-state index is 14.0. The molecule has 4 rings (SSSR count). The van der Waals surface area contributed by atoms with Crippen molar-refractivity contribution in [1.82, 2.24) is 19.7 Å². The van der Waals surface area contributed by atoms with Gasteiger partial charge in [0.1, 0.15) is 11.2 Å². The van der Waals surface area contributed by atoms with Crippen LogP contribution in [0.15, 0.2) is 18.2 Å². The summed E-state index contributed by atoms with van der Waals surface area (Å²) in [4.78, 5) is 43.4. The van der Waals surface area contributed by atoms with Crippen LogP contribution in [0.25, 0.3) is 10.9 Å². The molecule has 1 unspecified atom stereocenters. The lowest BCUT2D eigenvalue weighted by Gasteiger charge is -2.46. The number of nitrogens with two attached hydrogens (primary N) is 1. The zero-order valence-electron chi connectivity index (χ0n) is 22.0. The molecule has 8 nitrogen and oxygen atoms in total. The molecule has 37 heavy (non-hydrogen) atoms. The van der Waals surface area contributed by atoms with Crippen molar-refractivity contribution < 1.29 is 23.2 Å². The zero-order valence-corrected chi connectivity index (χ0v) is 22.0. The number of carbonyl (C=O) groups excluding carboxylic acids is 3. The summed E-state index contributed by atoms with van der Waals surface area (Å²) >= 11 is 0. The van der Waals surface area contributed by atoms with Crippen LogP contribution in [0.3, 0.4) is 0 Å². The number of nitrogens with one attached hydrogen (secondary N) is 1. The summed E-state index contributed by atoms with van der Waals surface area (Å²) in [5.41, 5.74) is 5.38. The first kappa shape index (κ1) is 27.0. The molecular weight excluding hydrogens is 480 g/mol. The number of aromatic nitrogens is 1. The molecule has 1 aliphatic heterocycles. The van der Waals surface area contributed by atoms with Crippen molar-refractivity contribution in [2.45, 2.75) is 57.5 Å². The van der Waals surface area contributed by atoms with Crippen LogP contribution in [-0.2, 0) is 16.6 Å². The lowest BCUT2D eigenvalue weighted by molar-refractivity contribution is -0.149. The highest BCUT2D eigenvalue weighted by molar-refractivity contribution is 5.99.